The zero-order valence-corrected chi connectivity index (χ0v) is 16.3. The Kier molecular flexibility index (Phi) is 5.66. The van der Waals surface area contributed by atoms with E-state index >= 15 is 0 Å². The average Bonchev–Trinajstić information content (AvgIpc) is 3.00. The minimum Gasteiger partial charge on any atom is -0.330 e. The number of anilines is 2. The molecule has 0 saturated carbocycles. The first-order valence-corrected chi connectivity index (χ1v) is 9.81. The second-order valence-corrected chi connectivity index (χ2v) is 8.35. The maximum Gasteiger partial charge on any atom is 0.210 e. The van der Waals surface area contributed by atoms with Gasteiger partial charge in [-0.2, -0.15) is 0 Å². The van der Waals surface area contributed by atoms with E-state index in [0.29, 0.717) is 10.0 Å². The largest absolute Gasteiger partial charge is 0.330 e. The molecule has 0 spiro atoms. The molecule has 3 nitrogen and oxygen atoms in total. The Morgan fingerprint density at radius 1 is 1.00 bits per heavy atom. The standard InChI is InChI=1S/C17H15Cl2N3S2/c1-10-3-5-13(7-11(10)2)20-16-21-22-17(24-16)23-9-12-4-6-14(18)15(19)8-12/h3-8H,9H2,1-2H3,(H,20,21). The highest BCUT2D eigenvalue weighted by molar-refractivity contribution is 8.00. The Morgan fingerprint density at radius 3 is 2.58 bits per heavy atom. The number of hydrogen-bond donors (Lipinski definition) is 1. The smallest absolute Gasteiger partial charge is 0.210 e. The minimum atomic E-state index is 0.571. The fourth-order valence-electron chi connectivity index (χ4n) is 2.04. The summed E-state index contributed by atoms with van der Waals surface area (Å²) in [5.74, 6) is 0.773. The van der Waals surface area contributed by atoms with Crippen molar-refractivity contribution < 1.29 is 0 Å². The quantitative estimate of drug-likeness (QED) is 0.500. The molecule has 0 aliphatic heterocycles. The van der Waals surface area contributed by atoms with Crippen LogP contribution in [0.3, 0.4) is 0 Å². The molecule has 0 unspecified atom stereocenters. The molecule has 0 radical (unpaired) electrons. The Balaban J connectivity index is 1.62. The molecule has 0 bridgehead atoms. The van der Waals surface area contributed by atoms with E-state index in [0.717, 1.165) is 26.5 Å². The molecule has 2 aromatic carbocycles. The zero-order chi connectivity index (χ0) is 17.1. The molecule has 0 aliphatic carbocycles. The lowest BCUT2D eigenvalue weighted by Crippen LogP contribution is -1.91. The van der Waals surface area contributed by atoms with Crippen molar-refractivity contribution in [2.24, 2.45) is 0 Å². The molecule has 7 heteroatoms. The summed E-state index contributed by atoms with van der Waals surface area (Å²) in [7, 11) is 0. The van der Waals surface area contributed by atoms with Gasteiger partial charge in [0.25, 0.3) is 0 Å². The predicted octanol–water partition coefficient (Wildman–Crippen LogP) is 6.50. The van der Waals surface area contributed by atoms with E-state index < -0.39 is 0 Å². The van der Waals surface area contributed by atoms with Crippen LogP contribution in [0.5, 0.6) is 0 Å². The highest BCUT2D eigenvalue weighted by atomic mass is 35.5. The van der Waals surface area contributed by atoms with E-state index in [4.69, 9.17) is 23.2 Å². The highest BCUT2D eigenvalue weighted by Crippen LogP contribution is 2.31. The molecule has 3 aromatic rings. The van der Waals surface area contributed by atoms with E-state index in [2.05, 4.69) is 41.5 Å². The maximum absolute atomic E-state index is 6.04. The van der Waals surface area contributed by atoms with Gasteiger partial charge in [0.2, 0.25) is 5.13 Å². The Bertz CT molecular complexity index is 865. The van der Waals surface area contributed by atoms with Crippen LogP contribution in [0.2, 0.25) is 10.0 Å². The fraction of sp³-hybridized carbons (Fsp3) is 0.176. The Morgan fingerprint density at radius 2 is 1.83 bits per heavy atom. The molecule has 0 atom stereocenters. The van der Waals surface area contributed by atoms with Gasteiger partial charge in [-0.15, -0.1) is 10.2 Å². The molecule has 0 saturated heterocycles. The van der Waals surface area contributed by atoms with Crippen molar-refractivity contribution in [3.05, 3.63) is 63.1 Å². The van der Waals surface area contributed by atoms with Crippen LogP contribution in [0.4, 0.5) is 10.8 Å². The van der Waals surface area contributed by atoms with Crippen LogP contribution in [0.25, 0.3) is 0 Å². The lowest BCUT2D eigenvalue weighted by atomic mass is 10.1. The van der Waals surface area contributed by atoms with Crippen molar-refractivity contribution in [2.75, 3.05) is 5.32 Å². The lowest BCUT2D eigenvalue weighted by molar-refractivity contribution is 1.01. The number of nitrogens with zero attached hydrogens (tertiary/aromatic N) is 2. The number of thioether (sulfide) groups is 1. The molecule has 1 heterocycles. The summed E-state index contributed by atoms with van der Waals surface area (Å²) in [5.41, 5.74) is 4.65. The van der Waals surface area contributed by atoms with Crippen LogP contribution in [0.1, 0.15) is 16.7 Å². The van der Waals surface area contributed by atoms with Crippen LogP contribution in [0.15, 0.2) is 40.7 Å². The van der Waals surface area contributed by atoms with E-state index in [1.807, 2.05) is 24.3 Å². The number of aryl methyl sites for hydroxylation is 2. The number of hydrogen-bond acceptors (Lipinski definition) is 5. The first-order chi connectivity index (χ1) is 11.5. The summed E-state index contributed by atoms with van der Waals surface area (Å²) in [4.78, 5) is 0. The van der Waals surface area contributed by atoms with Gasteiger partial charge in [0.05, 0.1) is 10.0 Å². The highest BCUT2D eigenvalue weighted by Gasteiger charge is 2.07. The summed E-state index contributed by atoms with van der Waals surface area (Å²) in [5, 5.41) is 13.6. The molecule has 3 rings (SSSR count). The van der Waals surface area contributed by atoms with Crippen molar-refractivity contribution in [3.8, 4) is 0 Å². The molecule has 24 heavy (non-hydrogen) atoms. The van der Waals surface area contributed by atoms with Crippen LogP contribution in [0, 0.1) is 13.8 Å². The summed E-state index contributed by atoms with van der Waals surface area (Å²) in [6.07, 6.45) is 0. The topological polar surface area (TPSA) is 37.8 Å². The minimum absolute atomic E-state index is 0.571. The van der Waals surface area contributed by atoms with Crippen LogP contribution >= 0.6 is 46.3 Å². The summed E-state index contributed by atoms with van der Waals surface area (Å²) in [6, 6.07) is 11.9. The van der Waals surface area contributed by atoms with Gasteiger partial charge < -0.3 is 5.32 Å². The third-order valence-electron chi connectivity index (χ3n) is 3.51. The van der Waals surface area contributed by atoms with E-state index in [1.54, 1.807) is 11.8 Å². The number of rotatable bonds is 5. The van der Waals surface area contributed by atoms with Gasteiger partial charge in [-0.05, 0) is 54.8 Å². The van der Waals surface area contributed by atoms with Crippen molar-refractivity contribution in [2.45, 2.75) is 23.9 Å². The number of halogens is 2. The first-order valence-electron chi connectivity index (χ1n) is 7.26. The van der Waals surface area contributed by atoms with Gasteiger partial charge in [-0.25, -0.2) is 0 Å². The summed E-state index contributed by atoms with van der Waals surface area (Å²) < 4.78 is 0.910. The predicted molar refractivity (Wildman–Crippen MR) is 105 cm³/mol. The average molecular weight is 396 g/mol. The number of nitrogens with one attached hydrogen (secondary N) is 1. The molecule has 0 amide bonds. The lowest BCUT2D eigenvalue weighted by Gasteiger charge is -2.05. The number of aromatic nitrogens is 2. The first kappa shape index (κ1) is 17.5. The van der Waals surface area contributed by atoms with E-state index in [-0.39, 0.29) is 0 Å². The molecule has 0 aliphatic rings. The van der Waals surface area contributed by atoms with Gasteiger partial charge in [-0.1, -0.05) is 58.4 Å². The van der Waals surface area contributed by atoms with Crippen molar-refractivity contribution in [3.63, 3.8) is 0 Å². The van der Waals surface area contributed by atoms with Gasteiger partial charge in [0.15, 0.2) is 4.34 Å². The molecule has 0 fully saturated rings. The zero-order valence-electron chi connectivity index (χ0n) is 13.1. The second-order valence-electron chi connectivity index (χ2n) is 5.33. The summed E-state index contributed by atoms with van der Waals surface area (Å²) >= 11 is 15.1. The number of benzene rings is 2. The SMILES string of the molecule is Cc1ccc(Nc2nnc(SCc3ccc(Cl)c(Cl)c3)s2)cc1C. The van der Waals surface area contributed by atoms with Crippen molar-refractivity contribution in [1.29, 1.82) is 0 Å². The third-order valence-corrected chi connectivity index (χ3v) is 6.29. The van der Waals surface area contributed by atoms with E-state index in [9.17, 15) is 0 Å². The Labute approximate surface area is 159 Å². The molecular formula is C17H15Cl2N3S2. The van der Waals surface area contributed by atoms with Gasteiger partial charge in [0.1, 0.15) is 0 Å². The van der Waals surface area contributed by atoms with Gasteiger partial charge in [-0.3, -0.25) is 0 Å². The van der Waals surface area contributed by atoms with Crippen molar-refractivity contribution in [1.82, 2.24) is 10.2 Å². The third kappa shape index (κ3) is 4.42. The van der Waals surface area contributed by atoms with Crippen LogP contribution < -0.4 is 5.32 Å². The van der Waals surface area contributed by atoms with Gasteiger partial charge in [0, 0.05) is 11.4 Å². The molecule has 124 valence electrons. The van der Waals surface area contributed by atoms with Crippen molar-refractivity contribution >= 4 is 57.1 Å². The Hall–Kier alpha value is -1.27. The van der Waals surface area contributed by atoms with Gasteiger partial charge >= 0.3 is 0 Å². The van der Waals surface area contributed by atoms with Crippen LogP contribution in [-0.4, -0.2) is 10.2 Å². The summed E-state index contributed by atoms with van der Waals surface area (Å²) in [6.45, 7) is 4.20. The molecular weight excluding hydrogens is 381 g/mol. The molecule has 1 aromatic heterocycles. The van der Waals surface area contributed by atoms with Crippen LogP contribution in [-0.2, 0) is 5.75 Å². The molecule has 1 N–H and O–H groups in total. The maximum atomic E-state index is 6.04. The van der Waals surface area contributed by atoms with E-state index in [1.165, 1.54) is 22.5 Å². The second kappa shape index (κ2) is 7.74. The normalized spacial score (nSPS) is 10.8. The monoisotopic (exact) mass is 395 g/mol. The fourth-order valence-corrected chi connectivity index (χ4v) is 4.07.